The van der Waals surface area contributed by atoms with Gasteiger partial charge in [-0.3, -0.25) is 4.79 Å². The van der Waals surface area contributed by atoms with E-state index in [1.807, 2.05) is 18.2 Å². The molecule has 2 rings (SSSR count). The number of thioether (sulfide) groups is 1. The molecule has 2 aromatic carbocycles. The molecule has 0 unspecified atom stereocenters. The Bertz CT molecular complexity index is 753. The van der Waals surface area contributed by atoms with Gasteiger partial charge in [0.05, 0.1) is 23.4 Å². The summed E-state index contributed by atoms with van der Waals surface area (Å²) in [4.78, 5) is 12.2. The highest BCUT2D eigenvalue weighted by Gasteiger charge is 2.33. The van der Waals surface area contributed by atoms with Crippen molar-refractivity contribution in [3.05, 3.63) is 58.6 Å². The standard InChI is InChI=1S/C17H15ClF3NO2S/c1-24-15-5-3-2-4-11(15)9-22-16(23)10-25-12-6-7-14(18)13(8-12)17(19,20)21/h2-8H,9-10H2,1H3,(H,22,23). The molecule has 3 nitrogen and oxygen atoms in total. The molecule has 0 aliphatic heterocycles. The first-order chi connectivity index (χ1) is 11.8. The van der Waals surface area contributed by atoms with Crippen LogP contribution in [-0.2, 0) is 17.5 Å². The molecule has 2 aromatic rings. The zero-order valence-electron chi connectivity index (χ0n) is 13.2. The van der Waals surface area contributed by atoms with Crippen LogP contribution in [0.25, 0.3) is 0 Å². The largest absolute Gasteiger partial charge is 0.496 e. The number of hydrogen-bond acceptors (Lipinski definition) is 3. The number of halogens is 4. The third kappa shape index (κ3) is 5.57. The second-order valence-corrected chi connectivity index (χ2v) is 6.47. The maximum atomic E-state index is 12.8. The summed E-state index contributed by atoms with van der Waals surface area (Å²) in [5, 5.41) is 2.35. The highest BCUT2D eigenvalue weighted by Crippen LogP contribution is 2.36. The maximum Gasteiger partial charge on any atom is 0.417 e. The average molecular weight is 390 g/mol. The summed E-state index contributed by atoms with van der Waals surface area (Å²) in [6.07, 6.45) is -4.53. The number of ether oxygens (including phenoxy) is 1. The van der Waals surface area contributed by atoms with Crippen LogP contribution in [0.4, 0.5) is 13.2 Å². The topological polar surface area (TPSA) is 38.3 Å². The number of alkyl halides is 3. The molecule has 0 atom stereocenters. The van der Waals surface area contributed by atoms with Crippen molar-refractivity contribution in [3.63, 3.8) is 0 Å². The lowest BCUT2D eigenvalue weighted by Gasteiger charge is -2.11. The van der Waals surface area contributed by atoms with E-state index in [1.165, 1.54) is 19.2 Å². The van der Waals surface area contributed by atoms with E-state index in [4.69, 9.17) is 16.3 Å². The number of para-hydroxylation sites is 1. The number of amides is 1. The highest BCUT2D eigenvalue weighted by molar-refractivity contribution is 8.00. The minimum absolute atomic E-state index is 0.00587. The van der Waals surface area contributed by atoms with Crippen LogP contribution in [0.1, 0.15) is 11.1 Å². The molecule has 1 amide bonds. The molecule has 0 bridgehead atoms. The molecule has 0 saturated carbocycles. The molecule has 0 aliphatic carbocycles. The fraction of sp³-hybridized carbons (Fsp3) is 0.235. The normalized spacial score (nSPS) is 11.2. The molecule has 0 spiro atoms. The number of hydrogen-bond donors (Lipinski definition) is 1. The van der Waals surface area contributed by atoms with Gasteiger partial charge < -0.3 is 10.1 Å². The Morgan fingerprint density at radius 1 is 1.24 bits per heavy atom. The molecular formula is C17H15ClF3NO2S. The summed E-state index contributed by atoms with van der Waals surface area (Å²) in [5.74, 6) is 0.357. The first kappa shape index (κ1) is 19.5. The zero-order valence-corrected chi connectivity index (χ0v) is 14.8. The van der Waals surface area contributed by atoms with Crippen LogP contribution in [0.2, 0.25) is 5.02 Å². The Morgan fingerprint density at radius 2 is 1.96 bits per heavy atom. The van der Waals surface area contributed by atoms with Crippen molar-refractivity contribution in [2.75, 3.05) is 12.9 Å². The van der Waals surface area contributed by atoms with Crippen LogP contribution in [0.3, 0.4) is 0 Å². The van der Waals surface area contributed by atoms with Crippen molar-refractivity contribution in [2.45, 2.75) is 17.6 Å². The van der Waals surface area contributed by atoms with Crippen molar-refractivity contribution in [1.29, 1.82) is 0 Å². The quantitative estimate of drug-likeness (QED) is 0.723. The lowest BCUT2D eigenvalue weighted by atomic mass is 10.2. The van der Waals surface area contributed by atoms with E-state index in [0.717, 1.165) is 23.4 Å². The van der Waals surface area contributed by atoms with E-state index in [2.05, 4.69) is 5.32 Å². The van der Waals surface area contributed by atoms with E-state index in [-0.39, 0.29) is 23.2 Å². The summed E-state index contributed by atoms with van der Waals surface area (Å²) in [6, 6.07) is 10.8. The summed E-state index contributed by atoms with van der Waals surface area (Å²) in [5.41, 5.74) is -0.0946. The SMILES string of the molecule is COc1ccccc1CNC(=O)CSc1ccc(Cl)c(C(F)(F)F)c1. The number of methoxy groups -OCH3 is 1. The number of benzene rings is 2. The molecule has 0 aliphatic rings. The fourth-order valence-corrected chi connectivity index (χ4v) is 3.04. The van der Waals surface area contributed by atoms with Gasteiger partial charge in [-0.05, 0) is 24.3 Å². The van der Waals surface area contributed by atoms with Crippen molar-refractivity contribution in [1.82, 2.24) is 5.32 Å². The second kappa shape index (κ2) is 8.49. The van der Waals surface area contributed by atoms with Crippen LogP contribution in [0.15, 0.2) is 47.4 Å². The lowest BCUT2D eigenvalue weighted by molar-refractivity contribution is -0.137. The summed E-state index contributed by atoms with van der Waals surface area (Å²) >= 11 is 6.58. The van der Waals surface area contributed by atoms with Crippen LogP contribution < -0.4 is 10.1 Å². The van der Waals surface area contributed by atoms with Crippen LogP contribution in [0, 0.1) is 0 Å². The molecular weight excluding hydrogens is 375 g/mol. The summed E-state index contributed by atoms with van der Waals surface area (Å²) in [6.45, 7) is 0.276. The van der Waals surface area contributed by atoms with Gasteiger partial charge in [0.15, 0.2) is 0 Å². The number of carbonyl (C=O) groups is 1. The molecule has 8 heteroatoms. The molecule has 0 saturated heterocycles. The maximum absolute atomic E-state index is 12.8. The van der Waals surface area contributed by atoms with Crippen LogP contribution >= 0.6 is 23.4 Å². The smallest absolute Gasteiger partial charge is 0.417 e. The highest BCUT2D eigenvalue weighted by atomic mass is 35.5. The third-order valence-corrected chi connectivity index (χ3v) is 4.61. The second-order valence-electron chi connectivity index (χ2n) is 5.02. The predicted octanol–water partition coefficient (Wildman–Crippen LogP) is 4.78. The van der Waals surface area contributed by atoms with Gasteiger partial charge >= 0.3 is 6.18 Å². The number of carbonyl (C=O) groups excluding carboxylic acids is 1. The number of rotatable bonds is 6. The monoisotopic (exact) mass is 389 g/mol. The van der Waals surface area contributed by atoms with E-state index < -0.39 is 11.7 Å². The van der Waals surface area contributed by atoms with Gasteiger partial charge in [-0.1, -0.05) is 29.8 Å². The van der Waals surface area contributed by atoms with Gasteiger partial charge in [0.1, 0.15) is 5.75 Å². The Balaban J connectivity index is 1.92. The first-order valence-electron chi connectivity index (χ1n) is 7.19. The van der Waals surface area contributed by atoms with Crippen molar-refractivity contribution >= 4 is 29.3 Å². The molecule has 0 aromatic heterocycles. The van der Waals surface area contributed by atoms with Gasteiger partial charge in [0, 0.05) is 17.0 Å². The van der Waals surface area contributed by atoms with Crippen LogP contribution in [0.5, 0.6) is 5.75 Å². The van der Waals surface area contributed by atoms with Gasteiger partial charge in [0.2, 0.25) is 5.91 Å². The Hall–Kier alpha value is -1.86. The molecule has 0 radical (unpaired) electrons. The lowest BCUT2D eigenvalue weighted by Crippen LogP contribution is -2.24. The Morgan fingerprint density at radius 3 is 2.64 bits per heavy atom. The Kier molecular flexibility index (Phi) is 6.61. The number of nitrogens with one attached hydrogen (secondary N) is 1. The van der Waals surface area contributed by atoms with Crippen LogP contribution in [-0.4, -0.2) is 18.8 Å². The summed E-state index contributed by atoms with van der Waals surface area (Å²) < 4.78 is 43.7. The zero-order chi connectivity index (χ0) is 18.4. The van der Waals surface area contributed by atoms with Crippen molar-refractivity contribution < 1.29 is 22.7 Å². The Labute approximate surface area is 152 Å². The molecule has 1 N–H and O–H groups in total. The van der Waals surface area contributed by atoms with Gasteiger partial charge in [-0.2, -0.15) is 13.2 Å². The molecule has 0 heterocycles. The minimum atomic E-state index is -4.53. The minimum Gasteiger partial charge on any atom is -0.496 e. The molecule has 25 heavy (non-hydrogen) atoms. The van der Waals surface area contributed by atoms with E-state index in [1.54, 1.807) is 6.07 Å². The average Bonchev–Trinajstić information content (AvgIpc) is 2.58. The van der Waals surface area contributed by atoms with E-state index >= 15 is 0 Å². The molecule has 134 valence electrons. The third-order valence-electron chi connectivity index (χ3n) is 3.28. The van der Waals surface area contributed by atoms with Gasteiger partial charge in [-0.15, -0.1) is 11.8 Å². The van der Waals surface area contributed by atoms with Gasteiger partial charge in [-0.25, -0.2) is 0 Å². The summed E-state index contributed by atoms with van der Waals surface area (Å²) in [7, 11) is 1.54. The van der Waals surface area contributed by atoms with Crippen molar-refractivity contribution in [2.24, 2.45) is 0 Å². The fourth-order valence-electron chi connectivity index (χ4n) is 2.05. The van der Waals surface area contributed by atoms with Crippen molar-refractivity contribution in [3.8, 4) is 5.75 Å². The van der Waals surface area contributed by atoms with E-state index in [0.29, 0.717) is 10.6 Å². The van der Waals surface area contributed by atoms with E-state index in [9.17, 15) is 18.0 Å². The molecule has 0 fully saturated rings. The van der Waals surface area contributed by atoms with Gasteiger partial charge in [0.25, 0.3) is 0 Å². The first-order valence-corrected chi connectivity index (χ1v) is 8.55. The predicted molar refractivity (Wildman–Crippen MR) is 92.0 cm³/mol.